The van der Waals surface area contributed by atoms with E-state index in [0.717, 1.165) is 6.29 Å². The summed E-state index contributed by atoms with van der Waals surface area (Å²) in [6.45, 7) is 0.145. The molecule has 9 nitrogen and oxygen atoms in total. The Kier molecular flexibility index (Phi) is 11.4. The highest BCUT2D eigenvalue weighted by atomic mass is 35.5. The summed E-state index contributed by atoms with van der Waals surface area (Å²) in [6, 6.07) is 9.57. The summed E-state index contributed by atoms with van der Waals surface area (Å²) >= 11 is 12.2. The molecule has 0 aliphatic carbocycles. The first kappa shape index (κ1) is 28.0. The lowest BCUT2D eigenvalue weighted by Gasteiger charge is -2.27. The Labute approximate surface area is 213 Å². The lowest BCUT2D eigenvalue weighted by molar-refractivity contribution is -0.126. The van der Waals surface area contributed by atoms with E-state index in [1.54, 1.807) is 48.3 Å². The third kappa shape index (κ3) is 7.88. The van der Waals surface area contributed by atoms with Crippen LogP contribution in [0.15, 0.2) is 53.4 Å². The van der Waals surface area contributed by atoms with Gasteiger partial charge in [0, 0.05) is 37.3 Å². The minimum Gasteiger partial charge on any atom is -0.487 e. The number of nitrogens with zero attached hydrogens (tertiary/aromatic N) is 2. The largest absolute Gasteiger partial charge is 0.487 e. The molecule has 1 amide bonds. The van der Waals surface area contributed by atoms with E-state index >= 15 is 0 Å². The van der Waals surface area contributed by atoms with Crippen LogP contribution in [0.25, 0.3) is 0 Å². The molecule has 35 heavy (non-hydrogen) atoms. The van der Waals surface area contributed by atoms with Crippen molar-refractivity contribution >= 4 is 47.4 Å². The van der Waals surface area contributed by atoms with E-state index in [1.807, 2.05) is 0 Å². The molecular formula is C24H27Cl2N5O4. The van der Waals surface area contributed by atoms with Crippen LogP contribution in [-0.4, -0.2) is 50.1 Å². The second-order valence-corrected chi connectivity index (χ2v) is 8.30. The van der Waals surface area contributed by atoms with Gasteiger partial charge >= 0.3 is 0 Å². The minimum absolute atomic E-state index is 0.0717. The first-order valence-corrected chi connectivity index (χ1v) is 11.4. The molecule has 2 aromatic carbocycles. The number of nitrogens with one attached hydrogen (secondary N) is 3. The molecule has 0 spiro atoms. The fraction of sp³-hybridized carbons (Fsp3) is 0.292. The molecule has 0 saturated heterocycles. The van der Waals surface area contributed by atoms with Gasteiger partial charge in [0.25, 0.3) is 0 Å². The van der Waals surface area contributed by atoms with E-state index in [1.165, 1.54) is 13.2 Å². The van der Waals surface area contributed by atoms with Crippen LogP contribution in [0, 0.1) is 5.53 Å². The summed E-state index contributed by atoms with van der Waals surface area (Å²) in [5.74, 6) is 0.173. The van der Waals surface area contributed by atoms with Gasteiger partial charge in [-0.2, -0.15) is 5.11 Å². The van der Waals surface area contributed by atoms with Gasteiger partial charge in [-0.05, 0) is 31.7 Å². The first-order valence-electron chi connectivity index (χ1n) is 10.7. The van der Waals surface area contributed by atoms with E-state index in [9.17, 15) is 14.4 Å². The average Bonchev–Trinajstić information content (AvgIpc) is 2.87. The zero-order chi connectivity index (χ0) is 25.8. The number of carbonyl (C=O) groups excluding carboxylic acids is 3. The molecule has 1 unspecified atom stereocenters. The molecule has 0 bridgehead atoms. The highest BCUT2D eigenvalue weighted by molar-refractivity contribution is 6.43. The summed E-state index contributed by atoms with van der Waals surface area (Å²) < 4.78 is 5.90. The van der Waals surface area contributed by atoms with E-state index in [-0.39, 0.29) is 31.2 Å². The number of likely N-dealkylation sites (N-methyl/N-ethyl adjacent to an activating group) is 2. The van der Waals surface area contributed by atoms with Crippen LogP contribution >= 0.6 is 23.2 Å². The Morgan fingerprint density at radius 1 is 1.23 bits per heavy atom. The van der Waals surface area contributed by atoms with Gasteiger partial charge in [-0.15, -0.1) is 0 Å². The van der Waals surface area contributed by atoms with Gasteiger partial charge in [-0.1, -0.05) is 41.4 Å². The molecular weight excluding hydrogens is 493 g/mol. The molecule has 0 saturated carbocycles. The van der Waals surface area contributed by atoms with Crippen molar-refractivity contribution in [1.29, 1.82) is 5.53 Å². The smallest absolute Gasteiger partial charge is 0.237 e. The summed E-state index contributed by atoms with van der Waals surface area (Å²) in [4.78, 5) is 36.7. The second kappa shape index (κ2) is 14.2. The van der Waals surface area contributed by atoms with Gasteiger partial charge in [0.15, 0.2) is 6.29 Å². The van der Waals surface area contributed by atoms with Crippen molar-refractivity contribution in [3.8, 4) is 5.75 Å². The van der Waals surface area contributed by atoms with Gasteiger partial charge in [0.2, 0.25) is 5.91 Å². The maximum atomic E-state index is 12.3. The third-order valence-corrected chi connectivity index (χ3v) is 6.03. The van der Waals surface area contributed by atoms with Crippen LogP contribution in [-0.2, 0) is 16.1 Å². The lowest BCUT2D eigenvalue weighted by atomic mass is 10.0. The Morgan fingerprint density at radius 3 is 2.63 bits per heavy atom. The van der Waals surface area contributed by atoms with Crippen molar-refractivity contribution < 1.29 is 19.1 Å². The Hall–Kier alpha value is -3.27. The van der Waals surface area contributed by atoms with E-state index in [0.29, 0.717) is 45.3 Å². The minimum atomic E-state index is -0.567. The SMILES string of the molecule is CNC(=O)C(CCC=O)N(C)Cc1c(C=O)cccc1OC/C(=C/Nc1cccc(Cl)c1Cl)N=N. The van der Waals surface area contributed by atoms with Crippen LogP contribution < -0.4 is 15.4 Å². The first-order chi connectivity index (χ1) is 16.9. The van der Waals surface area contributed by atoms with Crippen molar-refractivity contribution in [2.75, 3.05) is 26.0 Å². The number of ether oxygens (including phenoxy) is 1. The molecule has 3 N–H and O–H groups in total. The zero-order valence-corrected chi connectivity index (χ0v) is 20.9. The quantitative estimate of drug-likeness (QED) is 0.245. The van der Waals surface area contributed by atoms with Gasteiger partial charge in [-0.3, -0.25) is 14.5 Å². The van der Waals surface area contributed by atoms with Crippen LogP contribution in [0.1, 0.15) is 28.8 Å². The number of amides is 1. The lowest BCUT2D eigenvalue weighted by Crippen LogP contribution is -2.43. The van der Waals surface area contributed by atoms with E-state index in [4.69, 9.17) is 33.5 Å². The van der Waals surface area contributed by atoms with Crippen LogP contribution in [0.3, 0.4) is 0 Å². The fourth-order valence-corrected chi connectivity index (χ4v) is 3.69. The highest BCUT2D eigenvalue weighted by Crippen LogP contribution is 2.30. The molecule has 11 heteroatoms. The van der Waals surface area contributed by atoms with E-state index < -0.39 is 6.04 Å². The standard InChI is InChI=1S/C24H27Cl2N5O4/c1-28-24(34)21(9-5-11-32)31(2)13-18-16(14-33)6-3-10-22(18)35-15-17(30-27)12-29-20-8-4-7-19(25)23(20)26/h3-4,6-8,10-12,14,21,27,29H,5,9,13,15H2,1-2H3,(H,28,34)/b17-12-,30-27?. The average molecular weight is 520 g/mol. The van der Waals surface area contributed by atoms with Gasteiger partial charge in [-0.25, -0.2) is 5.53 Å². The molecule has 0 aromatic heterocycles. The number of rotatable bonds is 14. The molecule has 0 aliphatic heterocycles. The Morgan fingerprint density at radius 2 is 1.97 bits per heavy atom. The number of aldehydes is 2. The molecule has 0 fully saturated rings. The Bertz CT molecular complexity index is 1090. The zero-order valence-electron chi connectivity index (χ0n) is 19.4. The highest BCUT2D eigenvalue weighted by Gasteiger charge is 2.24. The molecule has 1 atom stereocenters. The maximum Gasteiger partial charge on any atom is 0.237 e. The van der Waals surface area contributed by atoms with Crippen molar-refractivity contribution in [3.05, 3.63) is 69.5 Å². The number of benzene rings is 2. The summed E-state index contributed by atoms with van der Waals surface area (Å²) in [5, 5.41) is 9.76. The Balaban J connectivity index is 2.22. The molecule has 0 aliphatic rings. The van der Waals surface area contributed by atoms with E-state index in [2.05, 4.69) is 15.7 Å². The predicted octanol–water partition coefficient (Wildman–Crippen LogP) is 4.69. The molecule has 0 heterocycles. The second-order valence-electron chi connectivity index (χ2n) is 7.51. The monoisotopic (exact) mass is 519 g/mol. The third-order valence-electron chi connectivity index (χ3n) is 5.21. The summed E-state index contributed by atoms with van der Waals surface area (Å²) in [5.41, 5.74) is 9.23. The van der Waals surface area contributed by atoms with Gasteiger partial charge in [0.1, 0.15) is 24.3 Å². The number of carbonyl (C=O) groups is 3. The topological polar surface area (TPSA) is 124 Å². The fourth-order valence-electron chi connectivity index (χ4n) is 3.34. The number of hydrogen-bond acceptors (Lipinski definition) is 8. The van der Waals surface area contributed by atoms with Gasteiger partial charge < -0.3 is 20.2 Å². The number of hydrogen-bond donors (Lipinski definition) is 3. The number of halogens is 2. The van der Waals surface area contributed by atoms with Crippen molar-refractivity contribution in [3.63, 3.8) is 0 Å². The maximum absolute atomic E-state index is 12.3. The predicted molar refractivity (Wildman–Crippen MR) is 135 cm³/mol. The normalized spacial score (nSPS) is 12.1. The summed E-state index contributed by atoms with van der Waals surface area (Å²) in [6.07, 6.45) is 3.51. The van der Waals surface area contributed by atoms with Crippen LogP contribution in [0.4, 0.5) is 5.69 Å². The summed E-state index contributed by atoms with van der Waals surface area (Å²) in [7, 11) is 3.26. The van der Waals surface area contributed by atoms with Crippen molar-refractivity contribution in [2.45, 2.75) is 25.4 Å². The van der Waals surface area contributed by atoms with Crippen molar-refractivity contribution in [2.24, 2.45) is 5.11 Å². The number of anilines is 1. The van der Waals surface area contributed by atoms with Crippen LogP contribution in [0.2, 0.25) is 10.0 Å². The molecule has 2 aromatic rings. The van der Waals surface area contributed by atoms with Gasteiger partial charge in [0.05, 0.1) is 21.8 Å². The van der Waals surface area contributed by atoms with Crippen molar-refractivity contribution in [1.82, 2.24) is 10.2 Å². The molecule has 0 radical (unpaired) electrons. The molecule has 2 rings (SSSR count). The van der Waals surface area contributed by atoms with Crippen LogP contribution in [0.5, 0.6) is 5.75 Å². The molecule has 186 valence electrons.